The molecular weight excluding hydrogens is 334 g/mol. The number of rotatable bonds is 6. The third-order valence-electron chi connectivity index (χ3n) is 3.53. The van der Waals surface area contributed by atoms with E-state index >= 15 is 0 Å². The van der Waals surface area contributed by atoms with Gasteiger partial charge in [-0.25, -0.2) is 0 Å². The quantitative estimate of drug-likeness (QED) is 0.614. The Hall–Kier alpha value is -3.35. The van der Waals surface area contributed by atoms with Crippen molar-refractivity contribution >= 4 is 18.0 Å². The van der Waals surface area contributed by atoms with Crippen LogP contribution in [-0.4, -0.2) is 31.7 Å². The molecule has 0 aliphatic heterocycles. The molecule has 0 spiro atoms. The molecule has 7 heteroatoms. The van der Waals surface area contributed by atoms with E-state index in [0.29, 0.717) is 5.56 Å². The molecule has 0 heterocycles. The van der Waals surface area contributed by atoms with Crippen LogP contribution in [0.25, 0.3) is 0 Å². The molecule has 0 unspecified atom stereocenters. The Balaban J connectivity index is 1.74. The number of oxime groups is 1. The Morgan fingerprint density at radius 1 is 1.08 bits per heavy atom. The summed E-state index contributed by atoms with van der Waals surface area (Å²) in [5.41, 5.74) is 7.82. The number of nitrogens with one attached hydrogen (secondary N) is 2. The number of amides is 2. The highest BCUT2D eigenvalue weighted by Gasteiger charge is 2.10. The normalized spacial score (nSPS) is 10.4. The average molecular weight is 355 g/mol. The summed E-state index contributed by atoms with van der Waals surface area (Å²) in [6.45, 7) is 3.46. The standard InChI is InChI=1S/C19H21N3O4/c1-13-4-9-17(14(2)10-13)19(24)22-21-18(23)12-26-20-11-15-5-7-16(25-3)8-6-15/h4-11H,12H2,1-3H3,(H,21,23)(H,22,24)/b20-11-. The molecule has 26 heavy (non-hydrogen) atoms. The van der Waals surface area contributed by atoms with E-state index in [1.54, 1.807) is 37.4 Å². The van der Waals surface area contributed by atoms with E-state index in [9.17, 15) is 9.59 Å². The van der Waals surface area contributed by atoms with Crippen LogP contribution >= 0.6 is 0 Å². The lowest BCUT2D eigenvalue weighted by Crippen LogP contribution is -2.43. The van der Waals surface area contributed by atoms with Gasteiger partial charge in [-0.05, 0) is 55.3 Å². The van der Waals surface area contributed by atoms with Crippen LogP contribution in [0.15, 0.2) is 47.6 Å². The van der Waals surface area contributed by atoms with Gasteiger partial charge in [0.2, 0.25) is 0 Å². The molecule has 0 saturated carbocycles. The van der Waals surface area contributed by atoms with Crippen molar-refractivity contribution in [3.63, 3.8) is 0 Å². The molecule has 2 aromatic carbocycles. The van der Waals surface area contributed by atoms with Crippen molar-refractivity contribution in [3.05, 3.63) is 64.7 Å². The van der Waals surface area contributed by atoms with Gasteiger partial charge in [-0.15, -0.1) is 0 Å². The fourth-order valence-corrected chi connectivity index (χ4v) is 2.18. The zero-order valence-corrected chi connectivity index (χ0v) is 14.9. The number of hydrazine groups is 1. The lowest BCUT2D eigenvalue weighted by molar-refractivity contribution is -0.126. The summed E-state index contributed by atoms with van der Waals surface area (Å²) < 4.78 is 5.05. The number of methoxy groups -OCH3 is 1. The number of hydrogen-bond acceptors (Lipinski definition) is 5. The Labute approximate surface area is 152 Å². The largest absolute Gasteiger partial charge is 0.497 e. The van der Waals surface area contributed by atoms with E-state index in [1.165, 1.54) is 6.21 Å². The predicted octanol–water partition coefficient (Wildman–Crippen LogP) is 2.12. The summed E-state index contributed by atoms with van der Waals surface area (Å²) in [4.78, 5) is 28.6. The minimum Gasteiger partial charge on any atom is -0.497 e. The topological polar surface area (TPSA) is 89.0 Å². The minimum atomic E-state index is -0.519. The van der Waals surface area contributed by atoms with Crippen molar-refractivity contribution in [2.45, 2.75) is 13.8 Å². The van der Waals surface area contributed by atoms with Gasteiger partial charge in [-0.3, -0.25) is 20.4 Å². The lowest BCUT2D eigenvalue weighted by Gasteiger charge is -2.09. The van der Waals surface area contributed by atoms with Gasteiger partial charge < -0.3 is 9.57 Å². The van der Waals surface area contributed by atoms with Crippen LogP contribution in [0.3, 0.4) is 0 Å². The maximum absolute atomic E-state index is 12.0. The van der Waals surface area contributed by atoms with E-state index in [1.807, 2.05) is 26.0 Å². The molecule has 0 aliphatic rings. The van der Waals surface area contributed by atoms with Gasteiger partial charge in [-0.1, -0.05) is 22.9 Å². The molecule has 0 bridgehead atoms. The highest BCUT2D eigenvalue weighted by atomic mass is 16.6. The lowest BCUT2D eigenvalue weighted by atomic mass is 10.1. The molecule has 7 nitrogen and oxygen atoms in total. The van der Waals surface area contributed by atoms with Crippen molar-refractivity contribution in [1.29, 1.82) is 0 Å². The molecule has 136 valence electrons. The van der Waals surface area contributed by atoms with Gasteiger partial charge in [-0.2, -0.15) is 0 Å². The van der Waals surface area contributed by atoms with Gasteiger partial charge in [0.05, 0.1) is 13.3 Å². The SMILES string of the molecule is COc1ccc(/C=N\OCC(=O)NNC(=O)c2ccc(C)cc2C)cc1. The average Bonchev–Trinajstić information content (AvgIpc) is 2.63. The first-order valence-corrected chi connectivity index (χ1v) is 7.95. The second-order valence-electron chi connectivity index (χ2n) is 5.60. The van der Waals surface area contributed by atoms with E-state index in [4.69, 9.17) is 9.57 Å². The van der Waals surface area contributed by atoms with Gasteiger partial charge in [0.1, 0.15) is 5.75 Å². The third kappa shape index (κ3) is 5.62. The Bertz CT molecular complexity index is 801. The van der Waals surface area contributed by atoms with Crippen LogP contribution in [0.1, 0.15) is 27.0 Å². The van der Waals surface area contributed by atoms with Gasteiger partial charge in [0.25, 0.3) is 11.8 Å². The van der Waals surface area contributed by atoms with E-state index in [2.05, 4.69) is 16.0 Å². The number of benzene rings is 2. The fraction of sp³-hybridized carbons (Fsp3) is 0.211. The molecule has 0 saturated heterocycles. The second kappa shape index (κ2) is 9.22. The molecule has 0 radical (unpaired) electrons. The van der Waals surface area contributed by atoms with Crippen LogP contribution in [-0.2, 0) is 9.63 Å². The first kappa shape index (κ1) is 19.0. The molecule has 0 aliphatic carbocycles. The smallest absolute Gasteiger partial charge is 0.279 e. The van der Waals surface area contributed by atoms with E-state index in [-0.39, 0.29) is 6.61 Å². The molecular formula is C19H21N3O4. The molecule has 2 rings (SSSR count). The summed E-state index contributed by atoms with van der Waals surface area (Å²) in [5, 5.41) is 3.71. The number of carbonyl (C=O) groups excluding carboxylic acids is 2. The first-order chi connectivity index (χ1) is 12.5. The maximum atomic E-state index is 12.0. The minimum absolute atomic E-state index is 0.320. The van der Waals surface area contributed by atoms with Crippen LogP contribution < -0.4 is 15.6 Å². The van der Waals surface area contributed by atoms with Crippen LogP contribution in [0.5, 0.6) is 5.75 Å². The molecule has 0 atom stereocenters. The summed E-state index contributed by atoms with van der Waals surface area (Å²) in [6.07, 6.45) is 1.47. The maximum Gasteiger partial charge on any atom is 0.279 e. The van der Waals surface area contributed by atoms with Crippen molar-refractivity contribution in [2.75, 3.05) is 13.7 Å². The summed E-state index contributed by atoms with van der Waals surface area (Å²) >= 11 is 0. The molecule has 2 aromatic rings. The Morgan fingerprint density at radius 2 is 1.81 bits per heavy atom. The summed E-state index contributed by atoms with van der Waals surface area (Å²) in [7, 11) is 1.59. The number of hydrogen-bond donors (Lipinski definition) is 2. The Kier molecular flexibility index (Phi) is 6.73. The van der Waals surface area contributed by atoms with Crippen LogP contribution in [0, 0.1) is 13.8 Å². The number of carbonyl (C=O) groups is 2. The van der Waals surface area contributed by atoms with Crippen molar-refractivity contribution < 1.29 is 19.2 Å². The van der Waals surface area contributed by atoms with Crippen molar-refractivity contribution in [1.82, 2.24) is 10.9 Å². The van der Waals surface area contributed by atoms with E-state index in [0.717, 1.165) is 22.4 Å². The monoisotopic (exact) mass is 355 g/mol. The van der Waals surface area contributed by atoms with Crippen LogP contribution in [0.2, 0.25) is 0 Å². The number of ether oxygens (including phenoxy) is 1. The van der Waals surface area contributed by atoms with Crippen LogP contribution in [0.4, 0.5) is 0 Å². The van der Waals surface area contributed by atoms with Gasteiger partial charge in [0.15, 0.2) is 6.61 Å². The zero-order valence-electron chi connectivity index (χ0n) is 14.9. The summed E-state index contributed by atoms with van der Waals surface area (Å²) in [6, 6.07) is 12.6. The van der Waals surface area contributed by atoms with E-state index < -0.39 is 11.8 Å². The summed E-state index contributed by atoms with van der Waals surface area (Å²) in [5.74, 6) is -0.172. The van der Waals surface area contributed by atoms with Crippen molar-refractivity contribution in [3.8, 4) is 5.75 Å². The second-order valence-corrected chi connectivity index (χ2v) is 5.60. The van der Waals surface area contributed by atoms with Gasteiger partial charge >= 0.3 is 0 Å². The van der Waals surface area contributed by atoms with Gasteiger partial charge in [0, 0.05) is 5.56 Å². The Morgan fingerprint density at radius 3 is 2.46 bits per heavy atom. The highest BCUT2D eigenvalue weighted by molar-refractivity contribution is 5.96. The number of aryl methyl sites for hydroxylation is 2. The predicted molar refractivity (Wildman–Crippen MR) is 98.1 cm³/mol. The molecule has 0 fully saturated rings. The fourth-order valence-electron chi connectivity index (χ4n) is 2.18. The molecule has 0 aromatic heterocycles. The zero-order chi connectivity index (χ0) is 18.9. The first-order valence-electron chi connectivity index (χ1n) is 7.95. The van der Waals surface area contributed by atoms with Crippen molar-refractivity contribution in [2.24, 2.45) is 5.16 Å². The molecule has 2 N–H and O–H groups in total. The third-order valence-corrected chi connectivity index (χ3v) is 3.53. The number of nitrogens with zero attached hydrogens (tertiary/aromatic N) is 1. The highest BCUT2D eigenvalue weighted by Crippen LogP contribution is 2.10. The molecule has 2 amide bonds.